The molecule has 0 radical (unpaired) electrons. The maximum atomic E-state index is 13.3. The Balaban J connectivity index is 1.34. The van der Waals surface area contributed by atoms with Crippen molar-refractivity contribution in [2.24, 2.45) is 0 Å². The number of methoxy groups -OCH3 is 1. The van der Waals surface area contributed by atoms with Crippen molar-refractivity contribution >= 4 is 29.0 Å². The summed E-state index contributed by atoms with van der Waals surface area (Å²) in [6, 6.07) is 23.0. The van der Waals surface area contributed by atoms with Crippen molar-refractivity contribution in [3.05, 3.63) is 88.4 Å². The molecule has 2 aliphatic rings. The van der Waals surface area contributed by atoms with Crippen molar-refractivity contribution in [3.63, 3.8) is 0 Å². The average Bonchev–Trinajstić information content (AvgIpc) is 3.19. The van der Waals surface area contributed by atoms with Gasteiger partial charge in [0, 0.05) is 34.9 Å². The molecular weight excluding hydrogens is 460 g/mol. The Kier molecular flexibility index (Phi) is 6.38. The highest BCUT2D eigenvalue weighted by atomic mass is 35.5. The van der Waals surface area contributed by atoms with Gasteiger partial charge in [-0.1, -0.05) is 29.8 Å². The monoisotopic (exact) mass is 486 g/mol. The number of rotatable bonds is 4. The average molecular weight is 487 g/mol. The van der Waals surface area contributed by atoms with Crippen LogP contribution in [0.25, 0.3) is 0 Å². The predicted octanol–water partition coefficient (Wildman–Crippen LogP) is 5.81. The Bertz CT molecular complexity index is 1280. The fourth-order valence-corrected chi connectivity index (χ4v) is 5.41. The van der Waals surface area contributed by atoms with Gasteiger partial charge in [0.15, 0.2) is 0 Å². The fourth-order valence-electron chi connectivity index (χ4n) is 5.22. The van der Waals surface area contributed by atoms with Gasteiger partial charge < -0.3 is 10.1 Å². The van der Waals surface area contributed by atoms with Crippen LogP contribution in [0, 0.1) is 11.3 Å². The first kappa shape index (κ1) is 23.2. The summed E-state index contributed by atoms with van der Waals surface area (Å²) < 4.78 is 5.53. The number of hydrogen-bond donors (Lipinski definition) is 1. The third kappa shape index (κ3) is 4.70. The second-order valence-electron chi connectivity index (χ2n) is 9.27. The first-order valence-electron chi connectivity index (χ1n) is 11.7. The molecule has 3 aromatic carbocycles. The highest BCUT2D eigenvalue weighted by molar-refractivity contribution is 6.30. The number of nitrogens with one attached hydrogen (secondary N) is 1. The van der Waals surface area contributed by atoms with Crippen LogP contribution in [-0.4, -0.2) is 37.7 Å². The molecule has 178 valence electrons. The third-order valence-electron chi connectivity index (χ3n) is 7.15. The van der Waals surface area contributed by atoms with Crippen molar-refractivity contribution < 1.29 is 9.53 Å². The van der Waals surface area contributed by atoms with Gasteiger partial charge in [-0.3, -0.25) is 9.80 Å². The highest BCUT2D eigenvalue weighted by Gasteiger charge is 2.46. The van der Waals surface area contributed by atoms with Crippen LogP contribution in [0.15, 0.2) is 66.7 Å². The van der Waals surface area contributed by atoms with Crippen molar-refractivity contribution in [2.75, 3.05) is 37.0 Å². The lowest BCUT2D eigenvalue weighted by Crippen LogP contribution is -2.46. The number of urea groups is 1. The lowest BCUT2D eigenvalue weighted by atomic mass is 9.74. The molecule has 0 saturated carbocycles. The molecule has 6 nitrogen and oxygen atoms in total. The zero-order chi connectivity index (χ0) is 24.4. The molecule has 0 unspecified atom stereocenters. The number of halogens is 1. The van der Waals surface area contributed by atoms with Crippen LogP contribution in [-0.2, 0) is 12.0 Å². The van der Waals surface area contributed by atoms with Gasteiger partial charge >= 0.3 is 6.03 Å². The standard InChI is InChI=1S/C28H27ClN4O2/c1-35-24-9-10-26-25(16-24)28(19-33(26)27(34)31-23-4-2-3-22(29)15-23)11-13-32(14-12-28)18-21-7-5-20(17-30)6-8-21/h2-10,15-16H,11-14,18-19H2,1H3,(H,31,34). The number of carbonyl (C=O) groups is 1. The maximum Gasteiger partial charge on any atom is 0.326 e. The lowest BCUT2D eigenvalue weighted by Gasteiger charge is -2.40. The van der Waals surface area contributed by atoms with E-state index in [0.29, 0.717) is 22.8 Å². The number of hydrogen-bond acceptors (Lipinski definition) is 4. The molecule has 7 heteroatoms. The Morgan fingerprint density at radius 2 is 1.89 bits per heavy atom. The largest absolute Gasteiger partial charge is 0.497 e. The zero-order valence-corrected chi connectivity index (χ0v) is 20.4. The number of piperidine rings is 1. The van der Waals surface area contributed by atoms with Crippen LogP contribution in [0.4, 0.5) is 16.2 Å². The molecule has 3 aromatic rings. The van der Waals surface area contributed by atoms with Crippen molar-refractivity contribution in [2.45, 2.75) is 24.8 Å². The van der Waals surface area contributed by atoms with Crippen molar-refractivity contribution in [1.29, 1.82) is 5.26 Å². The van der Waals surface area contributed by atoms with E-state index in [1.165, 1.54) is 11.1 Å². The third-order valence-corrected chi connectivity index (χ3v) is 7.39. The molecular formula is C28H27ClN4O2. The molecule has 2 amide bonds. The summed E-state index contributed by atoms with van der Waals surface area (Å²) >= 11 is 6.11. The second kappa shape index (κ2) is 9.61. The normalized spacial score (nSPS) is 16.5. The van der Waals surface area contributed by atoms with Crippen LogP contribution < -0.4 is 15.0 Å². The molecule has 1 spiro atoms. The van der Waals surface area contributed by atoms with E-state index in [1.54, 1.807) is 19.2 Å². The molecule has 0 aromatic heterocycles. The number of benzene rings is 3. The Morgan fingerprint density at radius 3 is 2.57 bits per heavy atom. The molecule has 2 heterocycles. The Labute approximate surface area is 210 Å². The van der Waals surface area contributed by atoms with E-state index in [1.807, 2.05) is 53.4 Å². The second-order valence-corrected chi connectivity index (χ2v) is 9.71. The van der Waals surface area contributed by atoms with E-state index in [9.17, 15) is 4.79 Å². The predicted molar refractivity (Wildman–Crippen MR) is 138 cm³/mol. The molecule has 1 N–H and O–H groups in total. The summed E-state index contributed by atoms with van der Waals surface area (Å²) in [5.74, 6) is 0.806. The summed E-state index contributed by atoms with van der Waals surface area (Å²) in [6.45, 7) is 3.35. The van der Waals surface area contributed by atoms with Gasteiger partial charge in [0.1, 0.15) is 5.75 Å². The highest BCUT2D eigenvalue weighted by Crippen LogP contribution is 2.48. The van der Waals surface area contributed by atoms with Crippen LogP contribution in [0.1, 0.15) is 29.5 Å². The van der Waals surface area contributed by atoms with Gasteiger partial charge in [0.2, 0.25) is 0 Å². The van der Waals surface area contributed by atoms with Crippen molar-refractivity contribution in [1.82, 2.24) is 4.90 Å². The topological polar surface area (TPSA) is 68.6 Å². The smallest absolute Gasteiger partial charge is 0.326 e. The van der Waals surface area contributed by atoms with E-state index in [4.69, 9.17) is 21.6 Å². The van der Waals surface area contributed by atoms with E-state index in [2.05, 4.69) is 22.4 Å². The van der Waals surface area contributed by atoms with Crippen LogP contribution in [0.3, 0.4) is 0 Å². The van der Waals surface area contributed by atoms with E-state index in [-0.39, 0.29) is 11.4 Å². The van der Waals surface area contributed by atoms with Crippen molar-refractivity contribution in [3.8, 4) is 11.8 Å². The minimum Gasteiger partial charge on any atom is -0.497 e. The lowest BCUT2D eigenvalue weighted by molar-refractivity contribution is 0.160. The minimum atomic E-state index is -0.157. The van der Waals surface area contributed by atoms with E-state index in [0.717, 1.165) is 43.9 Å². The van der Waals surface area contributed by atoms with Gasteiger partial charge in [-0.15, -0.1) is 0 Å². The van der Waals surface area contributed by atoms with Crippen LogP contribution in [0.5, 0.6) is 5.75 Å². The fraction of sp³-hybridized carbons (Fsp3) is 0.286. The molecule has 1 saturated heterocycles. The number of nitriles is 1. The zero-order valence-electron chi connectivity index (χ0n) is 19.6. The number of amides is 2. The summed E-state index contributed by atoms with van der Waals surface area (Å²) in [5.41, 5.74) is 4.56. The minimum absolute atomic E-state index is 0.114. The van der Waals surface area contributed by atoms with E-state index < -0.39 is 0 Å². The summed E-state index contributed by atoms with van der Waals surface area (Å²) in [4.78, 5) is 17.6. The number of fused-ring (bicyclic) bond motifs is 2. The number of anilines is 2. The molecule has 35 heavy (non-hydrogen) atoms. The first-order chi connectivity index (χ1) is 17.0. The van der Waals surface area contributed by atoms with E-state index >= 15 is 0 Å². The van der Waals surface area contributed by atoms with Gasteiger partial charge in [0.25, 0.3) is 0 Å². The molecule has 0 aliphatic carbocycles. The molecule has 1 fully saturated rings. The molecule has 5 rings (SSSR count). The van der Waals surface area contributed by atoms with Gasteiger partial charge in [0.05, 0.1) is 18.7 Å². The van der Waals surface area contributed by atoms with Gasteiger partial charge in [-0.2, -0.15) is 5.26 Å². The number of nitrogens with zero attached hydrogens (tertiary/aromatic N) is 3. The summed E-state index contributed by atoms with van der Waals surface area (Å²) in [7, 11) is 1.67. The first-order valence-corrected chi connectivity index (χ1v) is 12.1. The van der Waals surface area contributed by atoms with Gasteiger partial charge in [-0.25, -0.2) is 4.79 Å². The number of likely N-dealkylation sites (tertiary alicyclic amines) is 1. The number of carbonyl (C=O) groups excluding carboxylic acids is 1. The van der Waals surface area contributed by atoms with Crippen LogP contribution in [0.2, 0.25) is 5.02 Å². The molecule has 2 aliphatic heterocycles. The molecule has 0 atom stereocenters. The molecule has 0 bridgehead atoms. The Hall–Kier alpha value is -3.53. The quantitative estimate of drug-likeness (QED) is 0.505. The summed E-state index contributed by atoms with van der Waals surface area (Å²) in [6.07, 6.45) is 1.90. The van der Waals surface area contributed by atoms with Crippen LogP contribution >= 0.6 is 11.6 Å². The SMILES string of the molecule is COc1ccc2c(c1)C1(CCN(Cc3ccc(C#N)cc3)CC1)CN2C(=O)Nc1cccc(Cl)c1. The maximum absolute atomic E-state index is 13.3. The van der Waals surface area contributed by atoms with Gasteiger partial charge in [-0.05, 0) is 85.6 Å². The summed E-state index contributed by atoms with van der Waals surface area (Å²) in [5, 5.41) is 12.6. The Morgan fingerprint density at radius 1 is 1.11 bits per heavy atom. The number of ether oxygens (including phenoxy) is 1.